The van der Waals surface area contributed by atoms with Gasteiger partial charge in [0, 0.05) is 11.7 Å². The summed E-state index contributed by atoms with van der Waals surface area (Å²) in [4.78, 5) is 4.23. The molecule has 0 aliphatic carbocycles. The minimum absolute atomic E-state index is 0.225. The Morgan fingerprint density at radius 1 is 1.46 bits per heavy atom. The highest BCUT2D eigenvalue weighted by Crippen LogP contribution is 2.08. The molecule has 0 spiro atoms. The number of pyridine rings is 1. The van der Waals surface area contributed by atoms with Crippen molar-refractivity contribution in [2.45, 2.75) is 32.7 Å². The van der Waals surface area contributed by atoms with Crippen molar-refractivity contribution >= 4 is 5.82 Å². The Kier molecular flexibility index (Phi) is 3.25. The van der Waals surface area contributed by atoms with Crippen molar-refractivity contribution in [2.75, 3.05) is 5.73 Å². The van der Waals surface area contributed by atoms with Crippen molar-refractivity contribution in [3.8, 4) is 0 Å². The van der Waals surface area contributed by atoms with Crippen LogP contribution in [-0.4, -0.2) is 11.0 Å². The summed E-state index contributed by atoms with van der Waals surface area (Å²) in [5.74, 6) is 0.597. The molecule has 0 saturated carbocycles. The summed E-state index contributed by atoms with van der Waals surface area (Å²) in [6.07, 6.45) is 1.86. The quantitative estimate of drug-likeness (QED) is 0.734. The molecule has 1 atom stereocenters. The number of rotatable bonds is 3. The van der Waals surface area contributed by atoms with Gasteiger partial charge in [-0.3, -0.25) is 0 Å². The maximum Gasteiger partial charge on any atom is 0.123 e. The molecule has 1 heterocycles. The van der Waals surface area contributed by atoms with Crippen LogP contribution in [0.5, 0.6) is 0 Å². The van der Waals surface area contributed by atoms with Gasteiger partial charge in [-0.2, -0.15) is 0 Å². The van der Waals surface area contributed by atoms with Crippen molar-refractivity contribution < 1.29 is 0 Å². The van der Waals surface area contributed by atoms with Crippen LogP contribution in [0.1, 0.15) is 24.6 Å². The Morgan fingerprint density at radius 2 is 2.15 bits per heavy atom. The number of hydrogen-bond acceptors (Lipinski definition) is 3. The summed E-state index contributed by atoms with van der Waals surface area (Å²) >= 11 is 0. The van der Waals surface area contributed by atoms with E-state index < -0.39 is 0 Å². The summed E-state index contributed by atoms with van der Waals surface area (Å²) in [5.41, 5.74) is 13.5. The molecule has 3 nitrogen and oxygen atoms in total. The Bertz CT molecular complexity index is 261. The molecule has 0 fully saturated rings. The van der Waals surface area contributed by atoms with Crippen LogP contribution in [0.2, 0.25) is 0 Å². The number of aryl methyl sites for hydroxylation is 2. The molecule has 0 radical (unpaired) electrons. The van der Waals surface area contributed by atoms with Crippen LogP contribution in [0.15, 0.2) is 12.1 Å². The number of aromatic nitrogens is 1. The molecule has 1 aromatic rings. The highest BCUT2D eigenvalue weighted by Gasteiger charge is 2.00. The Hall–Kier alpha value is -1.09. The molecule has 72 valence electrons. The fraction of sp³-hybridized carbons (Fsp3) is 0.500. The number of anilines is 1. The van der Waals surface area contributed by atoms with Crippen molar-refractivity contribution in [1.29, 1.82) is 0 Å². The highest BCUT2D eigenvalue weighted by molar-refractivity contribution is 5.34. The van der Waals surface area contributed by atoms with E-state index >= 15 is 0 Å². The zero-order valence-electron chi connectivity index (χ0n) is 8.25. The molecule has 0 aliphatic rings. The first-order chi connectivity index (χ1) is 6.08. The molecule has 4 N–H and O–H groups in total. The van der Waals surface area contributed by atoms with Crippen LogP contribution in [0, 0.1) is 6.92 Å². The molecule has 0 saturated heterocycles. The summed E-state index contributed by atoms with van der Waals surface area (Å²) < 4.78 is 0. The summed E-state index contributed by atoms with van der Waals surface area (Å²) in [6, 6.07) is 4.15. The molecular weight excluding hydrogens is 162 g/mol. The maximum absolute atomic E-state index is 5.66. The van der Waals surface area contributed by atoms with Crippen LogP contribution >= 0.6 is 0 Å². The van der Waals surface area contributed by atoms with Gasteiger partial charge in [-0.15, -0.1) is 0 Å². The van der Waals surface area contributed by atoms with Crippen molar-refractivity contribution in [3.63, 3.8) is 0 Å². The van der Waals surface area contributed by atoms with Gasteiger partial charge in [0.1, 0.15) is 5.82 Å². The largest absolute Gasteiger partial charge is 0.384 e. The zero-order chi connectivity index (χ0) is 9.84. The average molecular weight is 179 g/mol. The molecule has 0 amide bonds. The SMILES string of the molecule is Cc1cc(N)nc(CC[C@H](C)N)c1. The van der Waals surface area contributed by atoms with E-state index in [9.17, 15) is 0 Å². The zero-order valence-corrected chi connectivity index (χ0v) is 8.25. The normalized spacial score (nSPS) is 12.8. The Labute approximate surface area is 79.2 Å². The van der Waals surface area contributed by atoms with E-state index in [1.807, 2.05) is 19.9 Å². The smallest absolute Gasteiger partial charge is 0.123 e. The Morgan fingerprint density at radius 3 is 2.69 bits per heavy atom. The van der Waals surface area contributed by atoms with Gasteiger partial charge in [0.15, 0.2) is 0 Å². The van der Waals surface area contributed by atoms with Crippen LogP contribution in [0.25, 0.3) is 0 Å². The molecule has 0 aliphatic heterocycles. The van der Waals surface area contributed by atoms with Gasteiger partial charge >= 0.3 is 0 Å². The first kappa shape index (κ1) is 9.99. The molecule has 0 unspecified atom stereocenters. The highest BCUT2D eigenvalue weighted by atomic mass is 14.8. The lowest BCUT2D eigenvalue weighted by molar-refractivity contribution is 0.658. The second kappa shape index (κ2) is 4.23. The van der Waals surface area contributed by atoms with Gasteiger partial charge in [0.25, 0.3) is 0 Å². The number of nitrogens with zero attached hydrogens (tertiary/aromatic N) is 1. The van der Waals surface area contributed by atoms with E-state index in [0.29, 0.717) is 5.82 Å². The average Bonchev–Trinajstić information content (AvgIpc) is 1.99. The summed E-state index contributed by atoms with van der Waals surface area (Å²) in [7, 11) is 0. The topological polar surface area (TPSA) is 64.9 Å². The third kappa shape index (κ3) is 3.42. The van der Waals surface area contributed by atoms with Crippen molar-refractivity contribution in [2.24, 2.45) is 5.73 Å². The molecule has 3 heteroatoms. The molecule has 0 bridgehead atoms. The molecule has 13 heavy (non-hydrogen) atoms. The van der Waals surface area contributed by atoms with E-state index in [4.69, 9.17) is 11.5 Å². The molecule has 0 aromatic carbocycles. The lowest BCUT2D eigenvalue weighted by Gasteiger charge is -2.05. The van der Waals surface area contributed by atoms with E-state index in [1.54, 1.807) is 0 Å². The van der Waals surface area contributed by atoms with E-state index in [2.05, 4.69) is 11.1 Å². The fourth-order valence-corrected chi connectivity index (χ4v) is 1.27. The number of nitrogen functional groups attached to an aromatic ring is 1. The molecule has 1 rings (SSSR count). The summed E-state index contributed by atoms with van der Waals surface area (Å²) in [5, 5.41) is 0. The van der Waals surface area contributed by atoms with Crippen molar-refractivity contribution in [1.82, 2.24) is 4.98 Å². The van der Waals surface area contributed by atoms with Gasteiger partial charge in [0.2, 0.25) is 0 Å². The van der Waals surface area contributed by atoms with Crippen LogP contribution in [0.4, 0.5) is 5.82 Å². The minimum atomic E-state index is 0.225. The number of nitrogens with two attached hydrogens (primary N) is 2. The first-order valence-corrected chi connectivity index (χ1v) is 4.56. The van der Waals surface area contributed by atoms with E-state index in [-0.39, 0.29) is 6.04 Å². The van der Waals surface area contributed by atoms with Gasteiger partial charge in [-0.25, -0.2) is 4.98 Å². The monoisotopic (exact) mass is 179 g/mol. The van der Waals surface area contributed by atoms with Crippen LogP contribution in [-0.2, 0) is 6.42 Å². The summed E-state index contributed by atoms with van der Waals surface area (Å²) in [6.45, 7) is 4.02. The number of hydrogen-bond donors (Lipinski definition) is 2. The van der Waals surface area contributed by atoms with E-state index in [0.717, 1.165) is 24.1 Å². The van der Waals surface area contributed by atoms with Gasteiger partial charge in [-0.1, -0.05) is 0 Å². The van der Waals surface area contributed by atoms with E-state index in [1.165, 1.54) is 0 Å². The third-order valence-corrected chi connectivity index (χ3v) is 1.90. The maximum atomic E-state index is 5.66. The first-order valence-electron chi connectivity index (χ1n) is 4.56. The lowest BCUT2D eigenvalue weighted by atomic mass is 10.1. The predicted octanol–water partition coefficient (Wildman–Crippen LogP) is 1.25. The van der Waals surface area contributed by atoms with Gasteiger partial charge in [0.05, 0.1) is 0 Å². The van der Waals surface area contributed by atoms with Gasteiger partial charge in [-0.05, 0) is 44.4 Å². The molecular formula is C10H17N3. The standard InChI is InChI=1S/C10H17N3/c1-7-5-9(4-3-8(2)11)13-10(12)6-7/h5-6,8H,3-4,11H2,1-2H3,(H2,12,13)/t8-/m0/s1. The van der Waals surface area contributed by atoms with Crippen LogP contribution < -0.4 is 11.5 Å². The fourth-order valence-electron chi connectivity index (χ4n) is 1.27. The molecule has 1 aromatic heterocycles. The lowest BCUT2D eigenvalue weighted by Crippen LogP contribution is -2.15. The van der Waals surface area contributed by atoms with Gasteiger partial charge < -0.3 is 11.5 Å². The van der Waals surface area contributed by atoms with Crippen molar-refractivity contribution in [3.05, 3.63) is 23.4 Å². The predicted molar refractivity (Wildman–Crippen MR) is 55.4 cm³/mol. The second-order valence-electron chi connectivity index (χ2n) is 3.58. The second-order valence-corrected chi connectivity index (χ2v) is 3.58. The minimum Gasteiger partial charge on any atom is -0.384 e. The Balaban J connectivity index is 2.66. The van der Waals surface area contributed by atoms with Crippen LogP contribution in [0.3, 0.4) is 0 Å². The third-order valence-electron chi connectivity index (χ3n) is 1.90.